The minimum Gasteiger partial charge on any atom is -0.502 e. The van der Waals surface area contributed by atoms with E-state index in [0.717, 1.165) is 0 Å². The highest BCUT2D eigenvalue weighted by atomic mass is 16.6. The highest BCUT2D eigenvalue weighted by molar-refractivity contribution is 5.95. The van der Waals surface area contributed by atoms with Crippen molar-refractivity contribution in [1.29, 1.82) is 0 Å². The summed E-state index contributed by atoms with van der Waals surface area (Å²) in [5.41, 5.74) is 0.0517. The molecule has 1 aliphatic rings. The highest BCUT2D eigenvalue weighted by Gasteiger charge is 2.22. The van der Waals surface area contributed by atoms with Gasteiger partial charge in [-0.1, -0.05) is 0 Å². The van der Waals surface area contributed by atoms with Gasteiger partial charge in [0.1, 0.15) is 6.61 Å². The van der Waals surface area contributed by atoms with Gasteiger partial charge in [-0.05, 0) is 6.07 Å². The molecule has 1 N–H and O–H groups in total. The van der Waals surface area contributed by atoms with Crippen molar-refractivity contribution < 1.29 is 19.6 Å². The molecule has 0 atom stereocenters. The van der Waals surface area contributed by atoms with E-state index >= 15 is 0 Å². The SMILES string of the molecule is O=C1COCCN1c1ccc([N+](=O)[O-])c(O)c1. The Kier molecular flexibility index (Phi) is 2.92. The first-order chi connectivity index (χ1) is 8.09. The summed E-state index contributed by atoms with van der Waals surface area (Å²) in [6.07, 6.45) is 0. The molecule has 7 nitrogen and oxygen atoms in total. The molecule has 1 heterocycles. The van der Waals surface area contributed by atoms with Crippen LogP contribution in [0.4, 0.5) is 11.4 Å². The lowest BCUT2D eigenvalue weighted by atomic mass is 10.2. The third-order valence-corrected chi connectivity index (χ3v) is 2.45. The van der Waals surface area contributed by atoms with E-state index in [0.29, 0.717) is 18.8 Å². The summed E-state index contributed by atoms with van der Waals surface area (Å²) in [4.78, 5) is 22.8. The van der Waals surface area contributed by atoms with E-state index in [4.69, 9.17) is 4.74 Å². The van der Waals surface area contributed by atoms with Crippen LogP contribution >= 0.6 is 0 Å². The van der Waals surface area contributed by atoms with Crippen LogP contribution in [0.3, 0.4) is 0 Å². The molecule has 1 saturated heterocycles. The molecule has 0 saturated carbocycles. The predicted molar refractivity (Wildman–Crippen MR) is 57.9 cm³/mol. The van der Waals surface area contributed by atoms with E-state index in [1.165, 1.54) is 23.1 Å². The summed E-state index contributed by atoms with van der Waals surface area (Å²) in [5, 5.41) is 20.0. The number of aromatic hydroxyl groups is 1. The molecule has 2 rings (SSSR count). The lowest BCUT2D eigenvalue weighted by Crippen LogP contribution is -2.41. The number of rotatable bonds is 2. The summed E-state index contributed by atoms with van der Waals surface area (Å²) in [6, 6.07) is 3.82. The zero-order chi connectivity index (χ0) is 12.4. The molecule has 1 aromatic rings. The maximum atomic E-state index is 11.5. The molecule has 1 aliphatic heterocycles. The molecule has 0 radical (unpaired) electrons. The van der Waals surface area contributed by atoms with E-state index in [2.05, 4.69) is 0 Å². The van der Waals surface area contributed by atoms with Gasteiger partial charge in [0.2, 0.25) is 0 Å². The molecule has 0 aliphatic carbocycles. The summed E-state index contributed by atoms with van der Waals surface area (Å²) in [5.74, 6) is -0.684. The van der Waals surface area contributed by atoms with Crippen LogP contribution in [-0.4, -0.2) is 35.7 Å². The minimum atomic E-state index is -0.680. The van der Waals surface area contributed by atoms with Crippen molar-refractivity contribution in [3.63, 3.8) is 0 Å². The van der Waals surface area contributed by atoms with Crippen LogP contribution in [-0.2, 0) is 9.53 Å². The Labute approximate surface area is 96.4 Å². The minimum absolute atomic E-state index is 0.0161. The summed E-state index contributed by atoms with van der Waals surface area (Å²) in [7, 11) is 0. The smallest absolute Gasteiger partial charge is 0.310 e. The van der Waals surface area contributed by atoms with E-state index in [-0.39, 0.29) is 18.2 Å². The van der Waals surface area contributed by atoms with Gasteiger partial charge in [-0.25, -0.2) is 0 Å². The number of amides is 1. The molecule has 1 fully saturated rings. The topological polar surface area (TPSA) is 92.9 Å². The number of nitro benzene ring substituents is 1. The lowest BCUT2D eigenvalue weighted by Gasteiger charge is -2.26. The second kappa shape index (κ2) is 4.38. The maximum Gasteiger partial charge on any atom is 0.310 e. The fraction of sp³-hybridized carbons (Fsp3) is 0.300. The van der Waals surface area contributed by atoms with Gasteiger partial charge in [0.15, 0.2) is 5.75 Å². The average Bonchev–Trinajstić information content (AvgIpc) is 2.29. The Balaban J connectivity index is 2.30. The molecule has 0 unspecified atom stereocenters. The maximum absolute atomic E-state index is 11.5. The van der Waals surface area contributed by atoms with Crippen LogP contribution < -0.4 is 4.90 Å². The van der Waals surface area contributed by atoms with Gasteiger partial charge < -0.3 is 14.7 Å². The molecule has 90 valence electrons. The normalized spacial score (nSPS) is 16.0. The van der Waals surface area contributed by atoms with Crippen LogP contribution in [0.15, 0.2) is 18.2 Å². The molecule has 1 amide bonds. The van der Waals surface area contributed by atoms with E-state index in [1.807, 2.05) is 0 Å². The third-order valence-electron chi connectivity index (χ3n) is 2.45. The highest BCUT2D eigenvalue weighted by Crippen LogP contribution is 2.30. The van der Waals surface area contributed by atoms with Crippen LogP contribution in [0, 0.1) is 10.1 Å². The first kappa shape index (κ1) is 11.3. The third kappa shape index (κ3) is 2.18. The van der Waals surface area contributed by atoms with Gasteiger partial charge in [-0.3, -0.25) is 14.9 Å². The second-order valence-electron chi connectivity index (χ2n) is 3.53. The fourth-order valence-corrected chi connectivity index (χ4v) is 1.63. The Morgan fingerprint density at radius 1 is 1.47 bits per heavy atom. The van der Waals surface area contributed by atoms with Crippen molar-refractivity contribution in [2.24, 2.45) is 0 Å². The number of hydrogen-bond acceptors (Lipinski definition) is 5. The summed E-state index contributed by atoms with van der Waals surface area (Å²) >= 11 is 0. The number of carbonyl (C=O) groups is 1. The number of phenols is 1. The predicted octanol–water partition coefficient (Wildman–Crippen LogP) is 0.664. The standard InChI is InChI=1S/C10H10N2O5/c13-9-5-7(1-2-8(9)12(15)16)11-3-4-17-6-10(11)14/h1-2,5,13H,3-4,6H2. The van der Waals surface area contributed by atoms with Crippen molar-refractivity contribution in [1.82, 2.24) is 0 Å². The first-order valence-electron chi connectivity index (χ1n) is 4.95. The average molecular weight is 238 g/mol. The number of hydrogen-bond donors (Lipinski definition) is 1. The fourth-order valence-electron chi connectivity index (χ4n) is 1.63. The van der Waals surface area contributed by atoms with E-state index in [9.17, 15) is 20.0 Å². The number of benzene rings is 1. The van der Waals surface area contributed by atoms with Crippen LogP contribution in [0.2, 0.25) is 0 Å². The summed E-state index contributed by atoms with van der Waals surface area (Å²) < 4.78 is 4.96. The zero-order valence-electron chi connectivity index (χ0n) is 8.83. The number of nitro groups is 1. The first-order valence-corrected chi connectivity index (χ1v) is 4.95. The molecule has 1 aromatic carbocycles. The van der Waals surface area contributed by atoms with E-state index < -0.39 is 10.7 Å². The van der Waals surface area contributed by atoms with Gasteiger partial charge in [-0.15, -0.1) is 0 Å². The lowest BCUT2D eigenvalue weighted by molar-refractivity contribution is -0.385. The Morgan fingerprint density at radius 2 is 2.24 bits per heavy atom. The van der Waals surface area contributed by atoms with Crippen LogP contribution in [0.5, 0.6) is 5.75 Å². The Bertz CT molecular complexity index is 474. The molecule has 7 heteroatoms. The molecule has 0 spiro atoms. The quantitative estimate of drug-likeness (QED) is 0.603. The number of ether oxygens (including phenoxy) is 1. The van der Waals surface area contributed by atoms with Gasteiger partial charge in [0.25, 0.3) is 5.91 Å². The van der Waals surface area contributed by atoms with Gasteiger partial charge in [-0.2, -0.15) is 0 Å². The number of anilines is 1. The molecular formula is C10H10N2O5. The monoisotopic (exact) mass is 238 g/mol. The number of phenolic OH excluding ortho intramolecular Hbond substituents is 1. The number of morpholine rings is 1. The summed E-state index contributed by atoms with van der Waals surface area (Å²) in [6.45, 7) is 0.761. The van der Waals surface area contributed by atoms with Crippen LogP contribution in [0.1, 0.15) is 0 Å². The van der Waals surface area contributed by atoms with Crippen molar-refractivity contribution in [3.8, 4) is 5.75 Å². The van der Waals surface area contributed by atoms with Gasteiger partial charge in [0.05, 0.1) is 11.5 Å². The van der Waals surface area contributed by atoms with Gasteiger partial charge in [0, 0.05) is 24.4 Å². The largest absolute Gasteiger partial charge is 0.502 e. The second-order valence-corrected chi connectivity index (χ2v) is 3.53. The zero-order valence-corrected chi connectivity index (χ0v) is 8.83. The van der Waals surface area contributed by atoms with Crippen molar-refractivity contribution in [3.05, 3.63) is 28.3 Å². The molecule has 0 bridgehead atoms. The van der Waals surface area contributed by atoms with Crippen molar-refractivity contribution in [2.75, 3.05) is 24.7 Å². The Morgan fingerprint density at radius 3 is 2.82 bits per heavy atom. The van der Waals surface area contributed by atoms with E-state index in [1.54, 1.807) is 0 Å². The van der Waals surface area contributed by atoms with Crippen molar-refractivity contribution in [2.45, 2.75) is 0 Å². The van der Waals surface area contributed by atoms with Crippen LogP contribution in [0.25, 0.3) is 0 Å². The van der Waals surface area contributed by atoms with Crippen molar-refractivity contribution >= 4 is 17.3 Å². The molecule has 0 aromatic heterocycles. The number of carbonyl (C=O) groups excluding carboxylic acids is 1. The number of nitrogens with zero attached hydrogens (tertiary/aromatic N) is 2. The molecular weight excluding hydrogens is 228 g/mol. The van der Waals surface area contributed by atoms with Gasteiger partial charge >= 0.3 is 5.69 Å². The Hall–Kier alpha value is -2.15. The molecule has 17 heavy (non-hydrogen) atoms.